The van der Waals surface area contributed by atoms with Gasteiger partial charge in [0.2, 0.25) is 0 Å². The van der Waals surface area contributed by atoms with Gasteiger partial charge in [0.1, 0.15) is 10.6 Å². The summed E-state index contributed by atoms with van der Waals surface area (Å²) >= 11 is 13.5. The molecule has 0 aliphatic carbocycles. The lowest BCUT2D eigenvalue weighted by molar-refractivity contribution is 0.0606. The Bertz CT molecular complexity index is 592. The fourth-order valence-corrected chi connectivity index (χ4v) is 3.10. The van der Waals surface area contributed by atoms with Crippen molar-refractivity contribution >= 4 is 50.6 Å². The summed E-state index contributed by atoms with van der Waals surface area (Å²) in [6.07, 6.45) is 0. The van der Waals surface area contributed by atoms with Crippen molar-refractivity contribution in [1.82, 2.24) is 0 Å². The standard InChI is InChI=1S/C11H8Cl2O3S/c1-15-7-4-6(12)10-5(9(7)13)3-8(17-10)11(14)16-2/h3-4H,1-2H3. The monoisotopic (exact) mass is 290 g/mol. The molecule has 2 rings (SSSR count). The molecule has 2 aromatic rings. The molecule has 0 N–H and O–H groups in total. The average molecular weight is 291 g/mol. The Morgan fingerprint density at radius 2 is 2.00 bits per heavy atom. The Hall–Kier alpha value is -0.970. The molecular weight excluding hydrogens is 283 g/mol. The molecule has 1 aromatic carbocycles. The van der Waals surface area contributed by atoms with E-state index in [1.807, 2.05) is 0 Å². The van der Waals surface area contributed by atoms with E-state index in [-0.39, 0.29) is 0 Å². The maximum atomic E-state index is 11.4. The van der Waals surface area contributed by atoms with Crippen LogP contribution in [-0.2, 0) is 4.74 Å². The molecule has 1 heterocycles. The quantitative estimate of drug-likeness (QED) is 0.784. The maximum Gasteiger partial charge on any atom is 0.348 e. The first-order valence-electron chi connectivity index (χ1n) is 4.62. The Kier molecular flexibility index (Phi) is 3.47. The van der Waals surface area contributed by atoms with Crippen molar-refractivity contribution in [3.63, 3.8) is 0 Å². The largest absolute Gasteiger partial charge is 0.495 e. The van der Waals surface area contributed by atoms with Crippen LogP contribution in [0.15, 0.2) is 12.1 Å². The summed E-state index contributed by atoms with van der Waals surface area (Å²) in [5.41, 5.74) is 0. The smallest absolute Gasteiger partial charge is 0.348 e. The molecule has 0 spiro atoms. The van der Waals surface area contributed by atoms with Gasteiger partial charge in [-0.15, -0.1) is 11.3 Å². The van der Waals surface area contributed by atoms with Crippen molar-refractivity contribution in [3.8, 4) is 5.75 Å². The number of ether oxygens (including phenoxy) is 2. The van der Waals surface area contributed by atoms with Crippen LogP contribution >= 0.6 is 34.5 Å². The lowest BCUT2D eigenvalue weighted by Crippen LogP contribution is -1.96. The van der Waals surface area contributed by atoms with Crippen LogP contribution in [-0.4, -0.2) is 20.2 Å². The molecule has 1 aromatic heterocycles. The number of benzene rings is 1. The number of halogens is 2. The number of fused-ring (bicyclic) bond motifs is 1. The molecule has 0 fully saturated rings. The third-order valence-corrected chi connectivity index (χ3v) is 4.21. The number of esters is 1. The zero-order chi connectivity index (χ0) is 12.6. The van der Waals surface area contributed by atoms with Gasteiger partial charge in [0, 0.05) is 11.5 Å². The van der Waals surface area contributed by atoms with E-state index < -0.39 is 5.97 Å². The first-order chi connectivity index (χ1) is 8.08. The fourth-order valence-electron chi connectivity index (χ4n) is 1.46. The van der Waals surface area contributed by atoms with Gasteiger partial charge >= 0.3 is 5.97 Å². The third kappa shape index (κ3) is 2.08. The van der Waals surface area contributed by atoms with Crippen LogP contribution in [0.4, 0.5) is 0 Å². The van der Waals surface area contributed by atoms with E-state index >= 15 is 0 Å². The van der Waals surface area contributed by atoms with Crippen LogP contribution in [0.3, 0.4) is 0 Å². The van der Waals surface area contributed by atoms with Crippen molar-refractivity contribution in [2.45, 2.75) is 0 Å². The summed E-state index contributed by atoms with van der Waals surface area (Å²) in [6, 6.07) is 3.28. The summed E-state index contributed by atoms with van der Waals surface area (Å²) in [5.74, 6) is 0.0793. The van der Waals surface area contributed by atoms with Gasteiger partial charge in [-0.25, -0.2) is 4.79 Å². The second kappa shape index (κ2) is 4.72. The average Bonchev–Trinajstić information content (AvgIpc) is 2.78. The van der Waals surface area contributed by atoms with Crippen LogP contribution in [0, 0.1) is 0 Å². The van der Waals surface area contributed by atoms with Crippen molar-refractivity contribution < 1.29 is 14.3 Å². The zero-order valence-electron chi connectivity index (χ0n) is 9.04. The molecule has 0 saturated carbocycles. The van der Waals surface area contributed by atoms with Gasteiger partial charge < -0.3 is 9.47 Å². The number of hydrogen-bond donors (Lipinski definition) is 0. The second-order valence-corrected chi connectivity index (χ2v) is 5.06. The highest BCUT2D eigenvalue weighted by Gasteiger charge is 2.17. The second-order valence-electron chi connectivity index (χ2n) is 3.22. The van der Waals surface area contributed by atoms with Gasteiger partial charge in [0.05, 0.1) is 29.0 Å². The minimum Gasteiger partial charge on any atom is -0.495 e. The molecule has 17 heavy (non-hydrogen) atoms. The Morgan fingerprint density at radius 1 is 1.29 bits per heavy atom. The first kappa shape index (κ1) is 12.5. The normalized spacial score (nSPS) is 10.6. The molecule has 0 aliphatic rings. The molecule has 0 saturated heterocycles. The van der Waals surface area contributed by atoms with E-state index in [2.05, 4.69) is 4.74 Å². The Balaban J connectivity index is 2.72. The Morgan fingerprint density at radius 3 is 2.59 bits per heavy atom. The van der Waals surface area contributed by atoms with E-state index in [0.717, 1.165) is 4.70 Å². The van der Waals surface area contributed by atoms with Crippen LogP contribution in [0.1, 0.15) is 9.67 Å². The minimum absolute atomic E-state index is 0.405. The SMILES string of the molecule is COC(=O)c1cc2c(Cl)c(OC)cc(Cl)c2s1. The lowest BCUT2D eigenvalue weighted by Gasteiger charge is -2.04. The zero-order valence-corrected chi connectivity index (χ0v) is 11.4. The number of rotatable bonds is 2. The topological polar surface area (TPSA) is 35.5 Å². The molecule has 90 valence electrons. The summed E-state index contributed by atoms with van der Waals surface area (Å²) in [5, 5.41) is 1.64. The van der Waals surface area contributed by atoms with E-state index in [4.69, 9.17) is 27.9 Å². The van der Waals surface area contributed by atoms with E-state index in [1.54, 1.807) is 12.1 Å². The van der Waals surface area contributed by atoms with E-state index in [0.29, 0.717) is 26.1 Å². The number of hydrogen-bond acceptors (Lipinski definition) is 4. The van der Waals surface area contributed by atoms with Crippen molar-refractivity contribution in [1.29, 1.82) is 0 Å². The predicted octanol–water partition coefficient (Wildman–Crippen LogP) is 4.00. The summed E-state index contributed by atoms with van der Waals surface area (Å²) < 4.78 is 10.5. The van der Waals surface area contributed by atoms with Crippen molar-refractivity contribution in [2.75, 3.05) is 14.2 Å². The van der Waals surface area contributed by atoms with Gasteiger partial charge in [0.25, 0.3) is 0 Å². The molecule has 0 unspecified atom stereocenters. The van der Waals surface area contributed by atoms with Crippen LogP contribution in [0.2, 0.25) is 10.0 Å². The van der Waals surface area contributed by atoms with E-state index in [1.165, 1.54) is 25.6 Å². The van der Waals surface area contributed by atoms with Gasteiger partial charge in [-0.3, -0.25) is 0 Å². The molecule has 0 radical (unpaired) electrons. The summed E-state index contributed by atoms with van der Waals surface area (Å²) in [6.45, 7) is 0. The molecule has 0 aliphatic heterocycles. The number of methoxy groups -OCH3 is 2. The third-order valence-electron chi connectivity index (χ3n) is 2.27. The van der Waals surface area contributed by atoms with E-state index in [9.17, 15) is 4.79 Å². The number of thiophene rings is 1. The highest BCUT2D eigenvalue weighted by Crippen LogP contribution is 2.41. The molecule has 0 amide bonds. The predicted molar refractivity (Wildman–Crippen MR) is 69.7 cm³/mol. The highest BCUT2D eigenvalue weighted by molar-refractivity contribution is 7.21. The maximum absolute atomic E-state index is 11.4. The van der Waals surface area contributed by atoms with Crippen LogP contribution < -0.4 is 4.74 Å². The molecule has 6 heteroatoms. The van der Waals surface area contributed by atoms with Crippen molar-refractivity contribution in [3.05, 3.63) is 27.1 Å². The highest BCUT2D eigenvalue weighted by atomic mass is 35.5. The fraction of sp³-hybridized carbons (Fsp3) is 0.182. The van der Waals surface area contributed by atoms with Crippen LogP contribution in [0.25, 0.3) is 10.1 Å². The number of carbonyl (C=O) groups excluding carboxylic acids is 1. The van der Waals surface area contributed by atoms with Gasteiger partial charge in [-0.2, -0.15) is 0 Å². The lowest BCUT2D eigenvalue weighted by atomic mass is 10.2. The van der Waals surface area contributed by atoms with Crippen LogP contribution in [0.5, 0.6) is 5.75 Å². The Labute approximate surface area is 112 Å². The summed E-state index contributed by atoms with van der Waals surface area (Å²) in [7, 11) is 2.84. The van der Waals surface area contributed by atoms with Crippen molar-refractivity contribution in [2.24, 2.45) is 0 Å². The van der Waals surface area contributed by atoms with Gasteiger partial charge in [0.15, 0.2) is 0 Å². The molecule has 0 atom stereocenters. The molecular formula is C11H8Cl2O3S. The van der Waals surface area contributed by atoms with Gasteiger partial charge in [-0.1, -0.05) is 23.2 Å². The molecule has 0 bridgehead atoms. The van der Waals surface area contributed by atoms with Gasteiger partial charge in [-0.05, 0) is 6.07 Å². The number of carbonyl (C=O) groups is 1. The minimum atomic E-state index is -0.405. The molecule has 3 nitrogen and oxygen atoms in total. The first-order valence-corrected chi connectivity index (χ1v) is 6.19. The summed E-state index contributed by atoms with van der Waals surface area (Å²) in [4.78, 5) is 11.9.